The maximum atomic E-state index is 12.9. The lowest BCUT2D eigenvalue weighted by Crippen LogP contribution is -2.35. The molecule has 1 aromatic carbocycles. The zero-order chi connectivity index (χ0) is 15.2. The third-order valence-electron chi connectivity index (χ3n) is 3.12. The molecule has 0 fully saturated rings. The fraction of sp³-hybridized carbons (Fsp3) is 0.357. The Morgan fingerprint density at radius 2 is 2.14 bits per heavy atom. The molecule has 0 aliphatic carbocycles. The highest BCUT2D eigenvalue weighted by molar-refractivity contribution is 5.92. The molecular weight excluding hydrogens is 275 g/mol. The van der Waals surface area contributed by atoms with E-state index in [4.69, 9.17) is 5.11 Å². The van der Waals surface area contributed by atoms with Gasteiger partial charge in [0, 0.05) is 12.6 Å². The van der Waals surface area contributed by atoms with Crippen LogP contribution in [0.2, 0.25) is 0 Å². The zero-order valence-electron chi connectivity index (χ0n) is 11.7. The molecular formula is C14H17FN4O2. The van der Waals surface area contributed by atoms with Crippen molar-refractivity contribution in [1.82, 2.24) is 20.3 Å². The molecule has 112 valence electrons. The smallest absolute Gasteiger partial charge is 0.273 e. The second-order valence-corrected chi connectivity index (χ2v) is 4.62. The van der Waals surface area contributed by atoms with Gasteiger partial charge in [-0.3, -0.25) is 4.79 Å². The second kappa shape index (κ2) is 6.94. The Morgan fingerprint density at radius 3 is 2.76 bits per heavy atom. The van der Waals surface area contributed by atoms with Crippen LogP contribution in [0.1, 0.15) is 30.3 Å². The summed E-state index contributed by atoms with van der Waals surface area (Å²) in [7, 11) is 0. The number of halogens is 1. The summed E-state index contributed by atoms with van der Waals surface area (Å²) in [6.07, 6.45) is 2.70. The number of hydrogen-bond acceptors (Lipinski definition) is 4. The van der Waals surface area contributed by atoms with Crippen LogP contribution in [0.25, 0.3) is 5.69 Å². The number of amides is 1. The molecule has 2 aromatic rings. The number of aromatic nitrogens is 3. The normalized spacial score (nSPS) is 12.1. The number of carbonyl (C=O) groups is 1. The van der Waals surface area contributed by atoms with E-state index >= 15 is 0 Å². The summed E-state index contributed by atoms with van der Waals surface area (Å²) in [5.41, 5.74) is 0.793. The lowest BCUT2D eigenvalue weighted by Gasteiger charge is -2.14. The second-order valence-electron chi connectivity index (χ2n) is 4.62. The van der Waals surface area contributed by atoms with Gasteiger partial charge < -0.3 is 10.4 Å². The summed E-state index contributed by atoms with van der Waals surface area (Å²) in [5.74, 6) is -0.685. The number of nitrogens with one attached hydrogen (secondary N) is 1. The fourth-order valence-electron chi connectivity index (χ4n) is 1.88. The Hall–Kier alpha value is -2.28. The Labute approximate surface area is 121 Å². The molecule has 21 heavy (non-hydrogen) atoms. The average molecular weight is 292 g/mol. The van der Waals surface area contributed by atoms with Crippen molar-refractivity contribution < 1.29 is 14.3 Å². The lowest BCUT2D eigenvalue weighted by atomic mass is 10.1. The van der Waals surface area contributed by atoms with E-state index in [0.717, 1.165) is 6.42 Å². The molecule has 0 spiro atoms. The third-order valence-corrected chi connectivity index (χ3v) is 3.12. The largest absolute Gasteiger partial charge is 0.396 e. The van der Waals surface area contributed by atoms with Crippen molar-refractivity contribution >= 4 is 5.91 Å². The van der Waals surface area contributed by atoms with Crippen LogP contribution in [-0.2, 0) is 0 Å². The van der Waals surface area contributed by atoms with Crippen LogP contribution in [0.3, 0.4) is 0 Å². The first kappa shape index (κ1) is 15.1. The van der Waals surface area contributed by atoms with Crippen LogP contribution in [0.4, 0.5) is 4.39 Å². The van der Waals surface area contributed by atoms with Gasteiger partial charge in [0.1, 0.15) is 5.82 Å². The first-order valence-electron chi connectivity index (χ1n) is 6.74. The summed E-state index contributed by atoms with van der Waals surface area (Å²) in [6.45, 7) is 1.94. The fourth-order valence-corrected chi connectivity index (χ4v) is 1.88. The number of carbonyl (C=O) groups excluding carboxylic acids is 1. The Kier molecular flexibility index (Phi) is 4.99. The van der Waals surface area contributed by atoms with Crippen LogP contribution in [0.5, 0.6) is 0 Å². The Balaban J connectivity index is 2.08. The monoisotopic (exact) mass is 292 g/mol. The van der Waals surface area contributed by atoms with Crippen LogP contribution in [0, 0.1) is 5.82 Å². The van der Waals surface area contributed by atoms with E-state index < -0.39 is 0 Å². The van der Waals surface area contributed by atoms with Gasteiger partial charge in [0.2, 0.25) is 0 Å². The number of hydrogen-bond donors (Lipinski definition) is 2. The van der Waals surface area contributed by atoms with Gasteiger partial charge in [-0.2, -0.15) is 0 Å². The predicted octanol–water partition coefficient (Wildman–Crippen LogP) is 1.30. The van der Waals surface area contributed by atoms with Crippen molar-refractivity contribution in [1.29, 1.82) is 0 Å². The van der Waals surface area contributed by atoms with E-state index in [0.29, 0.717) is 12.1 Å². The van der Waals surface area contributed by atoms with Crippen LogP contribution < -0.4 is 5.32 Å². The first-order valence-corrected chi connectivity index (χ1v) is 6.74. The molecule has 1 amide bonds. The molecule has 1 heterocycles. The molecule has 0 aliphatic rings. The minimum Gasteiger partial charge on any atom is -0.396 e. The average Bonchev–Trinajstić information content (AvgIpc) is 2.97. The molecule has 2 N–H and O–H groups in total. The highest BCUT2D eigenvalue weighted by atomic mass is 19.1. The Morgan fingerprint density at radius 1 is 1.43 bits per heavy atom. The van der Waals surface area contributed by atoms with E-state index in [9.17, 15) is 9.18 Å². The highest BCUT2D eigenvalue weighted by Crippen LogP contribution is 2.08. The highest BCUT2D eigenvalue weighted by Gasteiger charge is 2.15. The van der Waals surface area contributed by atoms with Gasteiger partial charge in [-0.25, -0.2) is 9.07 Å². The molecule has 1 unspecified atom stereocenters. The van der Waals surface area contributed by atoms with Crippen LogP contribution >= 0.6 is 0 Å². The molecule has 1 aromatic heterocycles. The SMILES string of the molecule is CCC(CCO)NC(=O)c1cn(-c2ccc(F)cc2)nn1. The maximum Gasteiger partial charge on any atom is 0.273 e. The van der Waals surface area contributed by atoms with Gasteiger partial charge in [-0.05, 0) is 37.1 Å². The molecule has 1 atom stereocenters. The van der Waals surface area contributed by atoms with Crippen molar-refractivity contribution in [2.75, 3.05) is 6.61 Å². The zero-order valence-corrected chi connectivity index (χ0v) is 11.7. The topological polar surface area (TPSA) is 80.0 Å². The van der Waals surface area contributed by atoms with E-state index in [2.05, 4.69) is 15.6 Å². The first-order chi connectivity index (χ1) is 10.1. The molecule has 2 rings (SSSR count). The molecule has 0 saturated carbocycles. The van der Waals surface area contributed by atoms with Crippen LogP contribution in [0.15, 0.2) is 30.5 Å². The van der Waals surface area contributed by atoms with Crippen LogP contribution in [-0.4, -0.2) is 38.7 Å². The number of aliphatic hydroxyl groups is 1. The summed E-state index contributed by atoms with van der Waals surface area (Å²) in [4.78, 5) is 12.0. The van der Waals surface area contributed by atoms with Crippen molar-refractivity contribution in [3.05, 3.63) is 42.0 Å². The van der Waals surface area contributed by atoms with Crippen molar-refractivity contribution in [2.45, 2.75) is 25.8 Å². The van der Waals surface area contributed by atoms with Gasteiger partial charge in [0.25, 0.3) is 5.91 Å². The summed E-state index contributed by atoms with van der Waals surface area (Å²) in [5, 5.41) is 19.4. The summed E-state index contributed by atoms with van der Waals surface area (Å²) in [6, 6.07) is 5.62. The van der Waals surface area contributed by atoms with E-state index in [-0.39, 0.29) is 30.1 Å². The standard InChI is InChI=1S/C14H17FN4O2/c1-2-11(7-8-20)16-14(21)13-9-19(18-17-13)12-5-3-10(15)4-6-12/h3-6,9,11,20H,2,7-8H2,1H3,(H,16,21). The molecule has 0 saturated heterocycles. The molecule has 0 bridgehead atoms. The molecule has 0 aliphatic heterocycles. The summed E-state index contributed by atoms with van der Waals surface area (Å²) < 4.78 is 14.3. The maximum absolute atomic E-state index is 12.9. The number of rotatable bonds is 6. The van der Waals surface area contributed by atoms with Gasteiger partial charge in [0.05, 0.1) is 11.9 Å². The van der Waals surface area contributed by atoms with Crippen molar-refractivity contribution in [2.24, 2.45) is 0 Å². The number of nitrogens with zero attached hydrogens (tertiary/aromatic N) is 3. The van der Waals surface area contributed by atoms with Crippen molar-refractivity contribution in [3.63, 3.8) is 0 Å². The molecule has 7 heteroatoms. The van der Waals surface area contributed by atoms with Gasteiger partial charge >= 0.3 is 0 Å². The van der Waals surface area contributed by atoms with E-state index in [1.807, 2.05) is 6.92 Å². The van der Waals surface area contributed by atoms with Crippen molar-refractivity contribution in [3.8, 4) is 5.69 Å². The summed E-state index contributed by atoms with van der Waals surface area (Å²) >= 11 is 0. The van der Waals surface area contributed by atoms with Gasteiger partial charge in [0.15, 0.2) is 5.69 Å². The lowest BCUT2D eigenvalue weighted by molar-refractivity contribution is 0.0924. The molecule has 6 nitrogen and oxygen atoms in total. The minimum atomic E-state index is -0.344. The number of benzene rings is 1. The minimum absolute atomic E-state index is 0.0149. The molecule has 0 radical (unpaired) electrons. The third kappa shape index (κ3) is 3.85. The number of aliphatic hydroxyl groups excluding tert-OH is 1. The van der Waals surface area contributed by atoms with Gasteiger partial charge in [-0.1, -0.05) is 12.1 Å². The predicted molar refractivity (Wildman–Crippen MR) is 74.6 cm³/mol. The Bertz CT molecular complexity index is 597. The quantitative estimate of drug-likeness (QED) is 0.841. The van der Waals surface area contributed by atoms with Gasteiger partial charge in [-0.15, -0.1) is 5.10 Å². The van der Waals surface area contributed by atoms with E-state index in [1.165, 1.54) is 23.0 Å². The van der Waals surface area contributed by atoms with E-state index in [1.54, 1.807) is 12.1 Å².